The van der Waals surface area contributed by atoms with Crippen LogP contribution in [0.5, 0.6) is 5.75 Å². The van der Waals surface area contributed by atoms with Crippen LogP contribution < -0.4 is 10.1 Å². The molecule has 1 heterocycles. The molecule has 2 aromatic rings. The Morgan fingerprint density at radius 2 is 1.78 bits per heavy atom. The zero-order chi connectivity index (χ0) is 15.4. The highest BCUT2D eigenvalue weighted by molar-refractivity contribution is 5.85. The SMILES string of the molecule is COc1ccc2cc(CN(C)CC3CCNCC3)ccc2c1.Cl. The van der Waals surface area contributed by atoms with Crippen molar-refractivity contribution < 1.29 is 4.74 Å². The topological polar surface area (TPSA) is 24.5 Å². The Balaban J connectivity index is 0.00000192. The lowest BCUT2D eigenvalue weighted by Gasteiger charge is -2.27. The molecule has 0 atom stereocenters. The van der Waals surface area contributed by atoms with Gasteiger partial charge in [0, 0.05) is 13.1 Å². The first-order valence-electron chi connectivity index (χ1n) is 8.20. The number of halogens is 1. The molecule has 4 heteroatoms. The van der Waals surface area contributed by atoms with Crippen LogP contribution >= 0.6 is 12.4 Å². The van der Waals surface area contributed by atoms with E-state index in [0.29, 0.717) is 0 Å². The number of fused-ring (bicyclic) bond motifs is 1. The summed E-state index contributed by atoms with van der Waals surface area (Å²) in [4.78, 5) is 2.46. The average Bonchev–Trinajstić information content (AvgIpc) is 2.55. The predicted molar refractivity (Wildman–Crippen MR) is 99.7 cm³/mol. The van der Waals surface area contributed by atoms with Gasteiger partial charge in [0.2, 0.25) is 0 Å². The van der Waals surface area contributed by atoms with Crippen molar-refractivity contribution in [3.8, 4) is 5.75 Å². The molecule has 0 aromatic heterocycles. The van der Waals surface area contributed by atoms with E-state index >= 15 is 0 Å². The summed E-state index contributed by atoms with van der Waals surface area (Å²) in [6, 6.07) is 13.0. The maximum Gasteiger partial charge on any atom is 0.119 e. The minimum Gasteiger partial charge on any atom is -0.497 e. The third kappa shape index (κ3) is 4.84. The number of methoxy groups -OCH3 is 1. The molecule has 1 aliphatic rings. The molecule has 1 N–H and O–H groups in total. The van der Waals surface area contributed by atoms with Gasteiger partial charge in [-0.05, 0) is 73.4 Å². The van der Waals surface area contributed by atoms with E-state index in [9.17, 15) is 0 Å². The van der Waals surface area contributed by atoms with Crippen molar-refractivity contribution in [2.24, 2.45) is 5.92 Å². The van der Waals surface area contributed by atoms with Gasteiger partial charge >= 0.3 is 0 Å². The number of hydrogen-bond donors (Lipinski definition) is 1. The summed E-state index contributed by atoms with van der Waals surface area (Å²) in [5.74, 6) is 1.76. The molecule has 126 valence electrons. The molecule has 3 nitrogen and oxygen atoms in total. The second kappa shape index (κ2) is 8.53. The van der Waals surface area contributed by atoms with Crippen molar-refractivity contribution in [1.29, 1.82) is 0 Å². The highest BCUT2D eigenvalue weighted by Crippen LogP contribution is 2.22. The number of ether oxygens (including phenoxy) is 1. The monoisotopic (exact) mass is 334 g/mol. The van der Waals surface area contributed by atoms with Crippen LogP contribution in [0.4, 0.5) is 0 Å². The number of nitrogens with zero attached hydrogens (tertiary/aromatic N) is 1. The maximum absolute atomic E-state index is 5.29. The highest BCUT2D eigenvalue weighted by atomic mass is 35.5. The molecule has 0 spiro atoms. The minimum atomic E-state index is 0. The molecule has 3 rings (SSSR count). The fraction of sp³-hybridized carbons (Fsp3) is 0.474. The van der Waals surface area contributed by atoms with Gasteiger partial charge in [-0.15, -0.1) is 12.4 Å². The second-order valence-corrected chi connectivity index (χ2v) is 6.44. The summed E-state index contributed by atoms with van der Waals surface area (Å²) in [6.07, 6.45) is 2.61. The Labute approximate surface area is 145 Å². The summed E-state index contributed by atoms with van der Waals surface area (Å²) in [5, 5.41) is 5.96. The molecule has 0 radical (unpaired) electrons. The van der Waals surface area contributed by atoms with E-state index in [1.54, 1.807) is 7.11 Å². The van der Waals surface area contributed by atoms with E-state index in [4.69, 9.17) is 4.74 Å². The second-order valence-electron chi connectivity index (χ2n) is 6.44. The molecule has 23 heavy (non-hydrogen) atoms. The van der Waals surface area contributed by atoms with Gasteiger partial charge in [-0.2, -0.15) is 0 Å². The Bertz CT molecular complexity index is 626. The van der Waals surface area contributed by atoms with E-state index in [2.05, 4.69) is 47.6 Å². The standard InChI is InChI=1S/C19H26N2O.ClH/c1-21(13-15-7-9-20-10-8-15)14-16-3-4-18-12-19(22-2)6-5-17(18)11-16;/h3-6,11-12,15,20H,7-10,13-14H2,1-2H3;1H. The van der Waals surface area contributed by atoms with Crippen LogP contribution in [0.15, 0.2) is 36.4 Å². The van der Waals surface area contributed by atoms with Crippen molar-refractivity contribution in [3.63, 3.8) is 0 Å². The Morgan fingerprint density at radius 3 is 2.52 bits per heavy atom. The molecule has 0 amide bonds. The molecule has 2 aromatic carbocycles. The van der Waals surface area contributed by atoms with Crippen LogP contribution in [-0.2, 0) is 6.54 Å². The molecule has 0 bridgehead atoms. The molecule has 0 aliphatic carbocycles. The van der Waals surface area contributed by atoms with E-state index in [1.807, 2.05) is 6.07 Å². The Hall–Kier alpha value is -1.29. The van der Waals surface area contributed by atoms with E-state index in [-0.39, 0.29) is 12.4 Å². The van der Waals surface area contributed by atoms with Crippen molar-refractivity contribution in [3.05, 3.63) is 42.0 Å². The maximum atomic E-state index is 5.29. The zero-order valence-corrected chi connectivity index (χ0v) is 14.9. The van der Waals surface area contributed by atoms with Crippen LogP contribution in [-0.4, -0.2) is 38.7 Å². The lowest BCUT2D eigenvalue weighted by molar-refractivity contribution is 0.234. The van der Waals surface area contributed by atoms with Gasteiger partial charge in [0.05, 0.1) is 7.11 Å². The van der Waals surface area contributed by atoms with Gasteiger partial charge in [0.25, 0.3) is 0 Å². The Morgan fingerprint density at radius 1 is 1.09 bits per heavy atom. The summed E-state index contributed by atoms with van der Waals surface area (Å²) in [5.41, 5.74) is 1.38. The molecule has 0 saturated carbocycles. The van der Waals surface area contributed by atoms with Gasteiger partial charge in [-0.3, -0.25) is 0 Å². The smallest absolute Gasteiger partial charge is 0.119 e. The van der Waals surface area contributed by atoms with Crippen LogP contribution in [0.3, 0.4) is 0 Å². The third-order valence-corrected chi connectivity index (χ3v) is 4.59. The zero-order valence-electron chi connectivity index (χ0n) is 14.0. The predicted octanol–water partition coefficient (Wildman–Crippen LogP) is 3.70. The van der Waals surface area contributed by atoms with Crippen LogP contribution in [0.25, 0.3) is 10.8 Å². The number of benzene rings is 2. The van der Waals surface area contributed by atoms with Gasteiger partial charge in [-0.1, -0.05) is 18.2 Å². The molecule has 1 aliphatic heterocycles. The van der Waals surface area contributed by atoms with E-state index in [0.717, 1.165) is 18.2 Å². The molecule has 0 unspecified atom stereocenters. The van der Waals surface area contributed by atoms with Crippen molar-refractivity contribution in [2.45, 2.75) is 19.4 Å². The van der Waals surface area contributed by atoms with Crippen molar-refractivity contribution >= 4 is 23.2 Å². The quantitative estimate of drug-likeness (QED) is 0.902. The summed E-state index contributed by atoms with van der Waals surface area (Å²) in [6.45, 7) is 4.57. The fourth-order valence-corrected chi connectivity index (χ4v) is 3.38. The highest BCUT2D eigenvalue weighted by Gasteiger charge is 2.15. The average molecular weight is 335 g/mol. The van der Waals surface area contributed by atoms with Gasteiger partial charge in [-0.25, -0.2) is 0 Å². The minimum absolute atomic E-state index is 0. The fourth-order valence-electron chi connectivity index (χ4n) is 3.38. The lowest BCUT2D eigenvalue weighted by atomic mass is 9.97. The molecular formula is C19H27ClN2O. The first-order chi connectivity index (χ1) is 10.7. The molecule has 1 fully saturated rings. The van der Waals surface area contributed by atoms with Gasteiger partial charge < -0.3 is 15.0 Å². The molecular weight excluding hydrogens is 308 g/mol. The Kier molecular flexibility index (Phi) is 6.70. The summed E-state index contributed by atoms with van der Waals surface area (Å²) < 4.78 is 5.29. The van der Waals surface area contributed by atoms with E-state index in [1.165, 1.54) is 48.8 Å². The first kappa shape index (κ1) is 18.1. The lowest BCUT2D eigenvalue weighted by Crippen LogP contribution is -2.34. The van der Waals surface area contributed by atoms with Gasteiger partial charge in [0.1, 0.15) is 5.75 Å². The first-order valence-corrected chi connectivity index (χ1v) is 8.20. The number of nitrogens with one attached hydrogen (secondary N) is 1. The number of piperidine rings is 1. The van der Waals surface area contributed by atoms with Gasteiger partial charge in [0.15, 0.2) is 0 Å². The van der Waals surface area contributed by atoms with Crippen LogP contribution in [0.1, 0.15) is 18.4 Å². The van der Waals surface area contributed by atoms with Crippen molar-refractivity contribution in [2.75, 3.05) is 33.8 Å². The van der Waals surface area contributed by atoms with Crippen LogP contribution in [0, 0.1) is 5.92 Å². The number of hydrogen-bond acceptors (Lipinski definition) is 3. The molecule has 1 saturated heterocycles. The van der Waals surface area contributed by atoms with Crippen LogP contribution in [0.2, 0.25) is 0 Å². The summed E-state index contributed by atoms with van der Waals surface area (Å²) in [7, 11) is 3.95. The third-order valence-electron chi connectivity index (χ3n) is 4.59. The largest absolute Gasteiger partial charge is 0.497 e. The number of rotatable bonds is 5. The van der Waals surface area contributed by atoms with Crippen molar-refractivity contribution in [1.82, 2.24) is 10.2 Å². The van der Waals surface area contributed by atoms with E-state index < -0.39 is 0 Å². The summed E-state index contributed by atoms with van der Waals surface area (Å²) >= 11 is 0. The normalized spacial score (nSPS) is 15.6.